The summed E-state index contributed by atoms with van der Waals surface area (Å²) in [5.74, 6) is 0.836. The van der Waals surface area contributed by atoms with E-state index in [0.29, 0.717) is 6.42 Å². The van der Waals surface area contributed by atoms with Gasteiger partial charge in [0, 0.05) is 13.1 Å². The topological polar surface area (TPSA) is 49.5 Å². The van der Waals surface area contributed by atoms with Crippen LogP contribution in [0.15, 0.2) is 30.3 Å². The molecule has 0 aliphatic carbocycles. The van der Waals surface area contributed by atoms with Crippen LogP contribution in [0.1, 0.15) is 38.2 Å². The predicted molar refractivity (Wildman–Crippen MR) is 83.5 cm³/mol. The second-order valence-electron chi connectivity index (χ2n) is 6.23. The maximum absolute atomic E-state index is 10.8. The first kappa shape index (κ1) is 15.5. The summed E-state index contributed by atoms with van der Waals surface area (Å²) in [6.07, 6.45) is 4.58. The molecule has 0 spiro atoms. The van der Waals surface area contributed by atoms with Gasteiger partial charge in [-0.2, -0.15) is 0 Å². The number of nitrogens with two attached hydrogens (primary N) is 1. The molecule has 1 heterocycles. The second kappa shape index (κ2) is 7.21. The van der Waals surface area contributed by atoms with Gasteiger partial charge in [-0.3, -0.25) is 0 Å². The van der Waals surface area contributed by atoms with Crippen LogP contribution >= 0.6 is 0 Å². The van der Waals surface area contributed by atoms with Gasteiger partial charge in [-0.25, -0.2) is 0 Å². The molecule has 1 fully saturated rings. The van der Waals surface area contributed by atoms with Gasteiger partial charge in [-0.05, 0) is 50.3 Å². The van der Waals surface area contributed by atoms with E-state index in [0.717, 1.165) is 31.1 Å². The van der Waals surface area contributed by atoms with Gasteiger partial charge in [0.05, 0.1) is 0 Å². The molecule has 0 aromatic heterocycles. The van der Waals surface area contributed by atoms with Gasteiger partial charge < -0.3 is 15.7 Å². The molecule has 0 saturated carbocycles. The Morgan fingerprint density at radius 1 is 1.25 bits per heavy atom. The number of hydrogen-bond donors (Lipinski definition) is 2. The Bertz CT molecular complexity index is 395. The highest BCUT2D eigenvalue weighted by Crippen LogP contribution is 2.25. The smallest absolute Gasteiger partial charge is 0.103 e. The Labute approximate surface area is 122 Å². The van der Waals surface area contributed by atoms with Crippen molar-refractivity contribution >= 4 is 0 Å². The van der Waals surface area contributed by atoms with E-state index < -0.39 is 5.60 Å². The Morgan fingerprint density at radius 3 is 2.70 bits per heavy atom. The molecule has 1 aliphatic rings. The normalized spacial score (nSPS) is 24.1. The zero-order chi connectivity index (χ0) is 14.4. The second-order valence-corrected chi connectivity index (χ2v) is 6.23. The highest BCUT2D eigenvalue weighted by atomic mass is 16.3. The Hall–Kier alpha value is -0.900. The average Bonchev–Trinajstić information content (AvgIpc) is 2.70. The van der Waals surface area contributed by atoms with Crippen molar-refractivity contribution in [2.24, 2.45) is 11.7 Å². The molecule has 112 valence electrons. The molecule has 0 radical (unpaired) electrons. The summed E-state index contributed by atoms with van der Waals surface area (Å²) >= 11 is 0. The molecule has 3 heteroatoms. The molecule has 1 saturated heterocycles. The minimum absolute atomic E-state index is 0.279. The van der Waals surface area contributed by atoms with Gasteiger partial charge in [0.15, 0.2) is 0 Å². The van der Waals surface area contributed by atoms with E-state index in [2.05, 4.69) is 11.8 Å². The zero-order valence-electron chi connectivity index (χ0n) is 12.6. The molecule has 1 aromatic carbocycles. The Kier molecular flexibility index (Phi) is 5.58. The van der Waals surface area contributed by atoms with Crippen molar-refractivity contribution in [1.82, 2.24) is 4.90 Å². The minimum atomic E-state index is -0.890. The van der Waals surface area contributed by atoms with Crippen LogP contribution in [0, 0.1) is 5.92 Å². The summed E-state index contributed by atoms with van der Waals surface area (Å²) in [7, 11) is 0. The quantitative estimate of drug-likeness (QED) is 0.868. The van der Waals surface area contributed by atoms with Crippen LogP contribution in [0.4, 0.5) is 0 Å². The van der Waals surface area contributed by atoms with Crippen molar-refractivity contribution in [3.63, 3.8) is 0 Å². The molecule has 2 rings (SSSR count). The van der Waals surface area contributed by atoms with E-state index in [-0.39, 0.29) is 6.54 Å². The first-order chi connectivity index (χ1) is 9.64. The highest BCUT2D eigenvalue weighted by molar-refractivity contribution is 5.22. The van der Waals surface area contributed by atoms with Crippen LogP contribution in [-0.4, -0.2) is 36.2 Å². The largest absolute Gasteiger partial charge is 0.384 e. The van der Waals surface area contributed by atoms with E-state index in [1.807, 2.05) is 30.3 Å². The van der Waals surface area contributed by atoms with Gasteiger partial charge in [0.2, 0.25) is 0 Å². The summed E-state index contributed by atoms with van der Waals surface area (Å²) in [6, 6.07) is 9.83. The minimum Gasteiger partial charge on any atom is -0.384 e. The Balaban J connectivity index is 1.93. The third-order valence-electron chi connectivity index (χ3n) is 4.60. The molecule has 3 nitrogen and oxygen atoms in total. The Morgan fingerprint density at radius 2 is 2.00 bits per heavy atom. The summed E-state index contributed by atoms with van der Waals surface area (Å²) in [5, 5.41) is 10.8. The lowest BCUT2D eigenvalue weighted by Crippen LogP contribution is -2.39. The maximum atomic E-state index is 10.8. The molecule has 3 N–H and O–H groups in total. The van der Waals surface area contributed by atoms with E-state index in [1.54, 1.807) is 0 Å². The number of hydrogen-bond acceptors (Lipinski definition) is 3. The SMILES string of the molecule is CC1CCCN(CCC(O)(CN)c2ccccc2)CC1. The third-order valence-corrected chi connectivity index (χ3v) is 4.60. The van der Waals surface area contributed by atoms with E-state index in [4.69, 9.17) is 5.73 Å². The van der Waals surface area contributed by atoms with Crippen molar-refractivity contribution < 1.29 is 5.11 Å². The summed E-state index contributed by atoms with van der Waals surface area (Å²) in [5.41, 5.74) is 5.89. The molecular formula is C17H28N2O. The lowest BCUT2D eigenvalue weighted by molar-refractivity contribution is 0.0259. The molecule has 1 aromatic rings. The molecule has 20 heavy (non-hydrogen) atoms. The molecule has 0 bridgehead atoms. The monoisotopic (exact) mass is 276 g/mol. The van der Waals surface area contributed by atoms with Crippen molar-refractivity contribution in [2.75, 3.05) is 26.2 Å². The zero-order valence-corrected chi connectivity index (χ0v) is 12.6. The fourth-order valence-corrected chi connectivity index (χ4v) is 3.00. The van der Waals surface area contributed by atoms with Gasteiger partial charge in [-0.15, -0.1) is 0 Å². The van der Waals surface area contributed by atoms with Gasteiger partial charge in [-0.1, -0.05) is 37.3 Å². The molecule has 1 aliphatic heterocycles. The summed E-state index contributed by atoms with van der Waals surface area (Å²) in [6.45, 7) is 5.84. The molecule has 2 unspecified atom stereocenters. The number of likely N-dealkylation sites (tertiary alicyclic amines) is 1. The van der Waals surface area contributed by atoms with Crippen molar-refractivity contribution in [1.29, 1.82) is 0 Å². The predicted octanol–water partition coefficient (Wildman–Crippen LogP) is 2.34. The fraction of sp³-hybridized carbons (Fsp3) is 0.647. The standard InChI is InChI=1S/C17H28N2O/c1-15-6-5-11-19(12-9-15)13-10-17(20,14-18)16-7-3-2-4-8-16/h2-4,7-8,15,20H,5-6,9-14,18H2,1H3. The van der Waals surface area contributed by atoms with Crippen LogP contribution in [0.5, 0.6) is 0 Å². The molecule has 2 atom stereocenters. The molecular weight excluding hydrogens is 248 g/mol. The van der Waals surface area contributed by atoms with Crippen molar-refractivity contribution in [2.45, 2.75) is 38.2 Å². The van der Waals surface area contributed by atoms with Gasteiger partial charge in [0.25, 0.3) is 0 Å². The van der Waals surface area contributed by atoms with Gasteiger partial charge >= 0.3 is 0 Å². The van der Waals surface area contributed by atoms with E-state index in [1.165, 1.54) is 19.3 Å². The average molecular weight is 276 g/mol. The van der Waals surface area contributed by atoms with E-state index in [9.17, 15) is 5.11 Å². The number of benzene rings is 1. The third kappa shape index (κ3) is 4.05. The van der Waals surface area contributed by atoms with Crippen LogP contribution in [-0.2, 0) is 5.60 Å². The van der Waals surface area contributed by atoms with Crippen LogP contribution in [0.2, 0.25) is 0 Å². The van der Waals surface area contributed by atoms with E-state index >= 15 is 0 Å². The lowest BCUT2D eigenvalue weighted by atomic mass is 9.90. The summed E-state index contributed by atoms with van der Waals surface area (Å²) in [4.78, 5) is 2.48. The van der Waals surface area contributed by atoms with Crippen molar-refractivity contribution in [3.8, 4) is 0 Å². The first-order valence-corrected chi connectivity index (χ1v) is 7.84. The van der Waals surface area contributed by atoms with Crippen LogP contribution in [0.25, 0.3) is 0 Å². The van der Waals surface area contributed by atoms with Gasteiger partial charge in [0.1, 0.15) is 5.60 Å². The summed E-state index contributed by atoms with van der Waals surface area (Å²) < 4.78 is 0. The number of rotatable bonds is 5. The highest BCUT2D eigenvalue weighted by Gasteiger charge is 2.28. The molecule has 0 amide bonds. The van der Waals surface area contributed by atoms with Crippen LogP contribution < -0.4 is 5.73 Å². The fourth-order valence-electron chi connectivity index (χ4n) is 3.00. The number of aliphatic hydroxyl groups is 1. The van der Waals surface area contributed by atoms with Crippen molar-refractivity contribution in [3.05, 3.63) is 35.9 Å². The first-order valence-electron chi connectivity index (χ1n) is 7.84. The van der Waals surface area contributed by atoms with Crippen LogP contribution in [0.3, 0.4) is 0 Å². The maximum Gasteiger partial charge on any atom is 0.103 e. The lowest BCUT2D eigenvalue weighted by Gasteiger charge is -2.30. The number of nitrogens with zero attached hydrogens (tertiary/aromatic N) is 1.